The molecular weight excluding hydrogens is 518 g/mol. The number of morpholine rings is 1. The molecule has 2 fully saturated rings. The number of ether oxygens (including phenoxy) is 1. The summed E-state index contributed by atoms with van der Waals surface area (Å²) < 4.78 is 33.6. The Bertz CT molecular complexity index is 1050. The molecule has 0 aliphatic carbocycles. The van der Waals surface area contributed by atoms with Crippen molar-refractivity contribution >= 4 is 57.0 Å². The van der Waals surface area contributed by atoms with E-state index in [1.165, 1.54) is 22.6 Å². The van der Waals surface area contributed by atoms with Crippen LogP contribution in [0.3, 0.4) is 0 Å². The van der Waals surface area contributed by atoms with E-state index in [0.29, 0.717) is 30.6 Å². The van der Waals surface area contributed by atoms with Crippen LogP contribution >= 0.6 is 22.9 Å². The Morgan fingerprint density at radius 2 is 2.03 bits per heavy atom. The number of halogens is 1. The normalized spacial score (nSPS) is 20.0. The molecule has 1 aromatic rings. The minimum absolute atomic E-state index is 0.151. The number of rotatable bonds is 10. The quantitative estimate of drug-likeness (QED) is 0.327. The van der Waals surface area contributed by atoms with Gasteiger partial charge in [0.2, 0.25) is 27.7 Å². The molecule has 0 unspecified atom stereocenters. The third-order valence-electron chi connectivity index (χ3n) is 5.59. The van der Waals surface area contributed by atoms with E-state index in [1.807, 2.05) is 0 Å². The van der Waals surface area contributed by atoms with Gasteiger partial charge in [0.1, 0.15) is 12.1 Å². The van der Waals surface area contributed by atoms with Crippen molar-refractivity contribution in [2.45, 2.75) is 31.3 Å². The van der Waals surface area contributed by atoms with Crippen molar-refractivity contribution in [3.8, 4) is 0 Å². The van der Waals surface area contributed by atoms with Crippen LogP contribution in [-0.2, 0) is 35.6 Å². The highest BCUT2D eigenvalue weighted by atomic mass is 35.5. The van der Waals surface area contributed by atoms with Gasteiger partial charge in [0.25, 0.3) is 0 Å². The van der Waals surface area contributed by atoms with Gasteiger partial charge in [0, 0.05) is 38.6 Å². The third-order valence-corrected chi connectivity index (χ3v) is 8.27. The molecular formula is C21H30ClN5O6S2. The first-order valence-corrected chi connectivity index (χ1v) is 14.0. The van der Waals surface area contributed by atoms with Gasteiger partial charge in [-0.1, -0.05) is 11.6 Å². The Hall–Kier alpha value is -2.06. The van der Waals surface area contributed by atoms with Crippen LogP contribution in [0.15, 0.2) is 17.1 Å². The Morgan fingerprint density at radius 1 is 1.31 bits per heavy atom. The highest BCUT2D eigenvalue weighted by Crippen LogP contribution is 2.23. The van der Waals surface area contributed by atoms with Crippen LogP contribution < -0.4 is 4.72 Å². The number of nitrogens with one attached hydrogen (secondary N) is 1. The van der Waals surface area contributed by atoms with Gasteiger partial charge in [0.05, 0.1) is 36.1 Å². The average Bonchev–Trinajstić information content (AvgIpc) is 3.40. The molecule has 14 heteroatoms. The van der Waals surface area contributed by atoms with E-state index in [4.69, 9.17) is 16.3 Å². The molecule has 0 radical (unpaired) electrons. The van der Waals surface area contributed by atoms with Crippen molar-refractivity contribution in [2.24, 2.45) is 4.99 Å². The summed E-state index contributed by atoms with van der Waals surface area (Å²) in [4.78, 5) is 48.0. The highest BCUT2D eigenvalue weighted by Gasteiger charge is 2.42. The second-order valence-corrected chi connectivity index (χ2v) is 12.2. The lowest BCUT2D eigenvalue weighted by molar-refractivity contribution is -0.148. The SMILES string of the molecule is CN(C)/C=N/C(=O)C[C@@H](C(=O)N1CCOCC1)N1CC[C@H](NS(=O)(=O)CCc2ccc(Cl)s2)C1=O. The minimum atomic E-state index is -3.76. The molecule has 11 nitrogen and oxygen atoms in total. The van der Waals surface area contributed by atoms with Crippen LogP contribution in [0.25, 0.3) is 0 Å². The van der Waals surface area contributed by atoms with Gasteiger partial charge in [-0.25, -0.2) is 18.1 Å². The van der Waals surface area contributed by atoms with Crippen LogP contribution in [0.1, 0.15) is 17.7 Å². The molecule has 0 spiro atoms. The summed E-state index contributed by atoms with van der Waals surface area (Å²) in [5, 5.41) is 0. The Morgan fingerprint density at radius 3 is 2.66 bits per heavy atom. The third kappa shape index (κ3) is 7.97. The summed E-state index contributed by atoms with van der Waals surface area (Å²) in [5.74, 6) is -1.63. The molecule has 194 valence electrons. The van der Waals surface area contributed by atoms with Gasteiger partial charge in [0.15, 0.2) is 0 Å². The van der Waals surface area contributed by atoms with E-state index in [9.17, 15) is 22.8 Å². The summed E-state index contributed by atoms with van der Waals surface area (Å²) in [6.45, 7) is 1.61. The van der Waals surface area contributed by atoms with Crippen LogP contribution in [0.5, 0.6) is 0 Å². The molecule has 3 rings (SSSR count). The summed E-state index contributed by atoms with van der Waals surface area (Å²) in [6, 6.07) is 1.42. The molecule has 1 aromatic heterocycles. The molecule has 3 amide bonds. The molecule has 2 aliphatic heterocycles. The smallest absolute Gasteiger partial charge is 0.249 e. The zero-order chi connectivity index (χ0) is 25.6. The largest absolute Gasteiger partial charge is 0.378 e. The first-order chi connectivity index (χ1) is 16.6. The lowest BCUT2D eigenvalue weighted by atomic mass is 10.1. The fraction of sp³-hybridized carbons (Fsp3) is 0.619. The van der Waals surface area contributed by atoms with E-state index >= 15 is 0 Å². The summed E-state index contributed by atoms with van der Waals surface area (Å²) in [5.41, 5.74) is 0. The molecule has 0 saturated carbocycles. The number of thiophene rings is 1. The van der Waals surface area contributed by atoms with Gasteiger partial charge in [-0.05, 0) is 25.0 Å². The second-order valence-electron chi connectivity index (χ2n) is 8.52. The van der Waals surface area contributed by atoms with Crippen LogP contribution in [0.4, 0.5) is 0 Å². The van der Waals surface area contributed by atoms with Gasteiger partial charge < -0.3 is 19.4 Å². The van der Waals surface area contributed by atoms with E-state index in [2.05, 4.69) is 9.71 Å². The zero-order valence-electron chi connectivity index (χ0n) is 19.7. The van der Waals surface area contributed by atoms with Crippen LogP contribution in [-0.4, -0.2) is 112 Å². The number of carbonyl (C=O) groups is 3. The monoisotopic (exact) mass is 547 g/mol. The predicted molar refractivity (Wildman–Crippen MR) is 133 cm³/mol. The topological polar surface area (TPSA) is 129 Å². The number of nitrogens with zero attached hydrogens (tertiary/aromatic N) is 4. The molecule has 1 N–H and O–H groups in total. The zero-order valence-corrected chi connectivity index (χ0v) is 22.1. The number of hydrogen-bond donors (Lipinski definition) is 1. The van der Waals surface area contributed by atoms with E-state index < -0.39 is 33.9 Å². The van der Waals surface area contributed by atoms with Crippen molar-refractivity contribution in [2.75, 3.05) is 52.7 Å². The van der Waals surface area contributed by atoms with Crippen molar-refractivity contribution in [3.63, 3.8) is 0 Å². The standard InChI is InChI=1S/C21H30ClN5O6S2/c1-25(2)14-23-19(28)13-17(21(30)26-8-10-33-11-9-26)27-7-5-16(20(27)29)24-35(31,32)12-6-15-3-4-18(22)34-15/h3-4,14,16-17,24H,5-13H2,1-2H3/b23-14+/t16-,17-/m0/s1. The summed E-state index contributed by atoms with van der Waals surface area (Å²) >= 11 is 7.20. The molecule has 2 saturated heterocycles. The van der Waals surface area contributed by atoms with Crippen LogP contribution in [0.2, 0.25) is 4.34 Å². The van der Waals surface area contributed by atoms with Crippen molar-refractivity contribution in [1.82, 2.24) is 19.4 Å². The van der Waals surface area contributed by atoms with Crippen molar-refractivity contribution < 1.29 is 27.5 Å². The van der Waals surface area contributed by atoms with Gasteiger partial charge in [-0.3, -0.25) is 14.4 Å². The molecule has 0 bridgehead atoms. The summed E-state index contributed by atoms with van der Waals surface area (Å²) in [6.07, 6.45) is 1.52. The second kappa shape index (κ2) is 12.3. The molecule has 2 aliphatic rings. The average molecular weight is 548 g/mol. The fourth-order valence-corrected chi connectivity index (χ4v) is 6.32. The number of sulfonamides is 1. The number of aryl methyl sites for hydroxylation is 1. The van der Waals surface area contributed by atoms with Gasteiger partial charge in [-0.15, -0.1) is 11.3 Å². The Labute approximate surface area is 214 Å². The first-order valence-electron chi connectivity index (χ1n) is 11.2. The van der Waals surface area contributed by atoms with Gasteiger partial charge in [-0.2, -0.15) is 0 Å². The predicted octanol–water partition coefficient (Wildman–Crippen LogP) is 0.198. The number of carbonyl (C=O) groups excluding carboxylic acids is 3. The minimum Gasteiger partial charge on any atom is -0.378 e. The highest BCUT2D eigenvalue weighted by molar-refractivity contribution is 7.89. The number of likely N-dealkylation sites (tertiary alicyclic amines) is 1. The Kier molecular flexibility index (Phi) is 9.64. The van der Waals surface area contributed by atoms with E-state index in [0.717, 1.165) is 4.88 Å². The molecule has 35 heavy (non-hydrogen) atoms. The maximum absolute atomic E-state index is 13.3. The van der Waals surface area contributed by atoms with E-state index in [-0.39, 0.29) is 37.5 Å². The number of amides is 3. The lowest BCUT2D eigenvalue weighted by Gasteiger charge is -2.34. The van der Waals surface area contributed by atoms with Crippen molar-refractivity contribution in [3.05, 3.63) is 21.3 Å². The Balaban J connectivity index is 1.68. The molecule has 2 atom stereocenters. The van der Waals surface area contributed by atoms with E-state index in [1.54, 1.807) is 36.0 Å². The maximum atomic E-state index is 13.3. The fourth-order valence-electron chi connectivity index (χ4n) is 3.84. The van der Waals surface area contributed by atoms with Crippen LogP contribution in [0, 0.1) is 0 Å². The van der Waals surface area contributed by atoms with Gasteiger partial charge >= 0.3 is 0 Å². The molecule has 0 aromatic carbocycles. The molecule has 3 heterocycles. The number of hydrogen-bond acceptors (Lipinski definition) is 7. The first kappa shape index (κ1) is 27.5. The number of aliphatic imine (C=N–C) groups is 1. The summed E-state index contributed by atoms with van der Waals surface area (Å²) in [7, 11) is -0.341. The maximum Gasteiger partial charge on any atom is 0.249 e. The lowest BCUT2D eigenvalue weighted by Crippen LogP contribution is -2.54. The van der Waals surface area contributed by atoms with Crippen molar-refractivity contribution in [1.29, 1.82) is 0 Å².